The second-order valence-electron chi connectivity index (χ2n) is 9.06. The minimum absolute atomic E-state index is 0.0561. The van der Waals surface area contributed by atoms with E-state index in [-0.39, 0.29) is 18.1 Å². The van der Waals surface area contributed by atoms with E-state index in [0.717, 1.165) is 56.3 Å². The molecule has 2 aromatic rings. The Hall–Kier alpha value is -1.85. The zero-order valence-corrected chi connectivity index (χ0v) is 16.6. The monoisotopic (exact) mass is 382 g/mol. The first-order valence-electron chi connectivity index (χ1n) is 10.7. The number of nitrogens with zero attached hydrogens (tertiary/aromatic N) is 1. The van der Waals surface area contributed by atoms with Gasteiger partial charge in [0.2, 0.25) is 5.91 Å². The molecular weight excluding hydrogens is 352 g/mol. The van der Waals surface area contributed by atoms with E-state index in [1.54, 1.807) is 6.92 Å². The minimum atomic E-state index is 0.0561. The number of para-hydroxylation sites is 1. The van der Waals surface area contributed by atoms with Crippen LogP contribution in [0.1, 0.15) is 38.4 Å². The summed E-state index contributed by atoms with van der Waals surface area (Å²) in [7, 11) is 0. The molecule has 1 amide bonds. The fraction of sp³-hybridized carbons (Fsp3) is 0.609. The Balaban J connectivity index is 1.24. The lowest BCUT2D eigenvalue weighted by molar-refractivity contribution is -0.122. The lowest BCUT2D eigenvalue weighted by Crippen LogP contribution is -2.50. The van der Waals surface area contributed by atoms with Crippen LogP contribution in [0.2, 0.25) is 0 Å². The molecule has 5 rings (SSSR count). The summed E-state index contributed by atoms with van der Waals surface area (Å²) >= 11 is 0. The van der Waals surface area contributed by atoms with E-state index in [0.29, 0.717) is 11.8 Å². The van der Waals surface area contributed by atoms with Gasteiger partial charge in [-0.3, -0.25) is 9.69 Å². The van der Waals surface area contributed by atoms with Crippen LogP contribution in [-0.2, 0) is 16.1 Å². The number of carbonyl (C=O) groups is 1. The summed E-state index contributed by atoms with van der Waals surface area (Å²) in [6.07, 6.45) is 4.84. The van der Waals surface area contributed by atoms with Crippen molar-refractivity contribution in [3.8, 4) is 0 Å². The van der Waals surface area contributed by atoms with Gasteiger partial charge in [0, 0.05) is 32.0 Å². The molecule has 5 nitrogen and oxygen atoms in total. The maximum atomic E-state index is 11.7. The van der Waals surface area contributed by atoms with Crippen molar-refractivity contribution in [2.24, 2.45) is 17.8 Å². The van der Waals surface area contributed by atoms with Crippen LogP contribution in [0.4, 0.5) is 0 Å². The number of hydrogen-bond donors (Lipinski definition) is 1. The van der Waals surface area contributed by atoms with Crippen LogP contribution >= 0.6 is 0 Å². The SMILES string of the molecule is CC(=O)N[C@@H]1C[C@@H]2CN(Cc3cc4ccccc4o3)C[C@@H]2C[C@H]1OCC1CC1. The molecule has 150 valence electrons. The number of ether oxygens (including phenoxy) is 1. The Labute approximate surface area is 166 Å². The first-order valence-corrected chi connectivity index (χ1v) is 10.7. The van der Waals surface area contributed by atoms with E-state index in [4.69, 9.17) is 9.15 Å². The molecule has 2 saturated carbocycles. The summed E-state index contributed by atoms with van der Waals surface area (Å²) in [6, 6.07) is 10.5. The van der Waals surface area contributed by atoms with Gasteiger partial charge in [-0.05, 0) is 55.6 Å². The van der Waals surface area contributed by atoms with Gasteiger partial charge >= 0.3 is 0 Å². The second-order valence-corrected chi connectivity index (χ2v) is 9.06. The van der Waals surface area contributed by atoms with Gasteiger partial charge in [0.15, 0.2) is 0 Å². The zero-order chi connectivity index (χ0) is 19.1. The van der Waals surface area contributed by atoms with E-state index in [2.05, 4.69) is 28.4 Å². The van der Waals surface area contributed by atoms with Crippen LogP contribution in [0.3, 0.4) is 0 Å². The lowest BCUT2D eigenvalue weighted by atomic mass is 9.77. The van der Waals surface area contributed by atoms with Gasteiger partial charge in [-0.15, -0.1) is 0 Å². The minimum Gasteiger partial charge on any atom is -0.460 e. The number of benzene rings is 1. The third kappa shape index (κ3) is 3.96. The predicted octanol–water partition coefficient (Wildman–Crippen LogP) is 3.57. The molecule has 5 heteroatoms. The van der Waals surface area contributed by atoms with Gasteiger partial charge in [-0.25, -0.2) is 0 Å². The highest BCUT2D eigenvalue weighted by Gasteiger charge is 2.43. The normalized spacial score (nSPS) is 30.5. The summed E-state index contributed by atoms with van der Waals surface area (Å²) < 4.78 is 12.3. The highest BCUT2D eigenvalue weighted by atomic mass is 16.5. The molecule has 4 atom stereocenters. The zero-order valence-electron chi connectivity index (χ0n) is 16.6. The van der Waals surface area contributed by atoms with E-state index in [1.807, 2.05) is 12.1 Å². The standard InChI is InChI=1S/C23H30N2O3/c1-15(26)24-21-9-18-11-25(12-19(18)10-23(21)27-14-16-6-7-16)13-20-8-17-4-2-3-5-22(17)28-20/h2-5,8,16,18-19,21,23H,6-7,9-14H2,1H3,(H,24,26)/t18-,19+,21-,23-/m1/s1. The van der Waals surface area contributed by atoms with E-state index >= 15 is 0 Å². The Kier molecular flexibility index (Phi) is 4.89. The van der Waals surface area contributed by atoms with Crippen molar-refractivity contribution in [2.45, 2.75) is 51.3 Å². The molecule has 1 saturated heterocycles. The molecule has 1 aromatic heterocycles. The maximum Gasteiger partial charge on any atom is 0.217 e. The number of furan rings is 1. The van der Waals surface area contributed by atoms with Gasteiger partial charge in [-0.2, -0.15) is 0 Å². The van der Waals surface area contributed by atoms with Crippen molar-refractivity contribution < 1.29 is 13.9 Å². The van der Waals surface area contributed by atoms with Crippen LogP contribution in [0.15, 0.2) is 34.7 Å². The first-order chi connectivity index (χ1) is 13.6. The van der Waals surface area contributed by atoms with E-state index < -0.39 is 0 Å². The number of carbonyl (C=O) groups excluding carboxylic acids is 1. The van der Waals surface area contributed by atoms with E-state index in [9.17, 15) is 4.79 Å². The number of nitrogens with one attached hydrogen (secondary N) is 1. The van der Waals surface area contributed by atoms with Gasteiger partial charge in [0.1, 0.15) is 11.3 Å². The van der Waals surface area contributed by atoms with Crippen LogP contribution in [0, 0.1) is 17.8 Å². The number of hydrogen-bond acceptors (Lipinski definition) is 4. The second kappa shape index (κ2) is 7.53. The smallest absolute Gasteiger partial charge is 0.217 e. The van der Waals surface area contributed by atoms with Crippen molar-refractivity contribution in [2.75, 3.05) is 19.7 Å². The summed E-state index contributed by atoms with van der Waals surface area (Å²) in [5.74, 6) is 3.13. The van der Waals surface area contributed by atoms with Gasteiger partial charge < -0.3 is 14.5 Å². The fourth-order valence-electron chi connectivity index (χ4n) is 5.12. The molecule has 0 spiro atoms. The van der Waals surface area contributed by atoms with Crippen LogP contribution < -0.4 is 5.32 Å². The number of rotatable bonds is 6. The van der Waals surface area contributed by atoms with Crippen molar-refractivity contribution in [3.63, 3.8) is 0 Å². The molecule has 28 heavy (non-hydrogen) atoms. The van der Waals surface area contributed by atoms with Gasteiger partial charge in [0.25, 0.3) is 0 Å². The van der Waals surface area contributed by atoms with Gasteiger partial charge in [0.05, 0.1) is 18.7 Å². The third-order valence-corrected chi connectivity index (χ3v) is 6.68. The van der Waals surface area contributed by atoms with Gasteiger partial charge in [-0.1, -0.05) is 18.2 Å². The van der Waals surface area contributed by atoms with E-state index in [1.165, 1.54) is 18.2 Å². The Bertz CT molecular complexity index is 810. The molecule has 1 aromatic carbocycles. The van der Waals surface area contributed by atoms with Crippen molar-refractivity contribution in [1.82, 2.24) is 10.2 Å². The van der Waals surface area contributed by atoms with Crippen LogP contribution in [-0.4, -0.2) is 42.6 Å². The summed E-state index contributed by atoms with van der Waals surface area (Å²) in [6.45, 7) is 5.51. The van der Waals surface area contributed by atoms with Crippen molar-refractivity contribution >= 4 is 16.9 Å². The first kappa shape index (κ1) is 18.2. The summed E-state index contributed by atoms with van der Waals surface area (Å²) in [4.78, 5) is 14.2. The molecule has 2 aliphatic carbocycles. The molecule has 3 fully saturated rings. The summed E-state index contributed by atoms with van der Waals surface area (Å²) in [5, 5.41) is 4.34. The molecule has 1 aliphatic heterocycles. The van der Waals surface area contributed by atoms with Crippen LogP contribution in [0.25, 0.3) is 11.0 Å². The molecule has 1 N–H and O–H groups in total. The quantitative estimate of drug-likeness (QED) is 0.830. The number of amides is 1. The number of fused-ring (bicyclic) bond motifs is 2. The predicted molar refractivity (Wildman–Crippen MR) is 108 cm³/mol. The highest BCUT2D eigenvalue weighted by molar-refractivity contribution is 5.77. The largest absolute Gasteiger partial charge is 0.460 e. The molecule has 0 unspecified atom stereocenters. The van der Waals surface area contributed by atoms with Crippen molar-refractivity contribution in [1.29, 1.82) is 0 Å². The van der Waals surface area contributed by atoms with Crippen LogP contribution in [0.5, 0.6) is 0 Å². The topological polar surface area (TPSA) is 54.7 Å². The Morgan fingerprint density at radius 1 is 1.21 bits per heavy atom. The molecular formula is C23H30N2O3. The lowest BCUT2D eigenvalue weighted by Gasteiger charge is -2.38. The number of likely N-dealkylation sites (tertiary alicyclic amines) is 1. The highest BCUT2D eigenvalue weighted by Crippen LogP contribution is 2.39. The molecule has 3 aliphatic rings. The maximum absolute atomic E-state index is 11.7. The summed E-state index contributed by atoms with van der Waals surface area (Å²) in [5.41, 5.74) is 0.966. The Morgan fingerprint density at radius 3 is 2.75 bits per heavy atom. The Morgan fingerprint density at radius 2 is 2.00 bits per heavy atom. The molecule has 0 bridgehead atoms. The average molecular weight is 383 g/mol. The third-order valence-electron chi connectivity index (χ3n) is 6.68. The van der Waals surface area contributed by atoms with Crippen molar-refractivity contribution in [3.05, 3.63) is 36.1 Å². The molecule has 2 heterocycles. The average Bonchev–Trinajstić information content (AvgIpc) is 3.27. The fourth-order valence-corrected chi connectivity index (χ4v) is 5.12. The molecule has 0 radical (unpaired) electrons.